The highest BCUT2D eigenvalue weighted by molar-refractivity contribution is 6.07. The molecule has 1 unspecified atom stereocenters. The fourth-order valence-electron chi connectivity index (χ4n) is 8.94. The van der Waals surface area contributed by atoms with E-state index in [1.165, 1.54) is 12.0 Å². The fourth-order valence-corrected chi connectivity index (χ4v) is 8.94. The van der Waals surface area contributed by atoms with Gasteiger partial charge in [-0.3, -0.25) is 34.1 Å². The van der Waals surface area contributed by atoms with Crippen LogP contribution in [0.5, 0.6) is 5.75 Å². The van der Waals surface area contributed by atoms with Crippen molar-refractivity contribution < 1.29 is 47.7 Å². The third-order valence-corrected chi connectivity index (χ3v) is 12.4. The number of nitrogens with zero attached hydrogens (tertiary/aromatic N) is 5. The number of carbonyl (C=O) groups is 6. The van der Waals surface area contributed by atoms with Crippen molar-refractivity contribution in [2.75, 3.05) is 93.9 Å². The van der Waals surface area contributed by atoms with Gasteiger partial charge in [-0.2, -0.15) is 4.98 Å². The van der Waals surface area contributed by atoms with Crippen LogP contribution in [0.25, 0.3) is 0 Å². The minimum absolute atomic E-state index is 0.0552. The highest BCUT2D eigenvalue weighted by Gasteiger charge is 2.42. The Hall–Kier alpha value is -6.22. The zero-order valence-electron chi connectivity index (χ0n) is 38.5. The summed E-state index contributed by atoms with van der Waals surface area (Å²) in [6, 6.07) is 9.49. The van der Waals surface area contributed by atoms with E-state index in [1.54, 1.807) is 54.5 Å². The van der Waals surface area contributed by atoms with Gasteiger partial charge in [0.25, 0.3) is 11.8 Å². The Bertz CT molecular complexity index is 2270. The average molecular weight is 927 g/mol. The molecule has 20 heteroatoms. The van der Waals surface area contributed by atoms with Gasteiger partial charge in [0.15, 0.2) is 5.82 Å². The van der Waals surface area contributed by atoms with Gasteiger partial charge in [0.05, 0.1) is 58.6 Å². The van der Waals surface area contributed by atoms with E-state index >= 15 is 0 Å². The molecule has 1 saturated heterocycles. The number of ether oxygens (including phenoxy) is 4. The molecule has 6 amide bonds. The SMILES string of the molecule is CC[C@@H]1C(=O)N(C)c2cnc(Nc3ccc(C(=O)NCCOCCOCCOCCNCCCC(=O)Nc4cccc5c4CN(C4CCC(=O)NC4=O)C5=O)cc3OC)nc2N1C1CCCC1. The van der Waals surface area contributed by atoms with Crippen LogP contribution in [0.1, 0.15) is 91.0 Å². The summed E-state index contributed by atoms with van der Waals surface area (Å²) in [7, 11) is 3.30. The van der Waals surface area contributed by atoms with Gasteiger partial charge in [0.2, 0.25) is 29.6 Å². The standard InChI is InChI=1S/C47H62N10O10/c1-4-36-46(63)55(2)38-28-50-47(54-42(38)57(36)31-9-5-6-10-31)52-35-15-14-30(27-39(35)64-3)43(60)49-20-22-66-24-26-67-25-23-65-21-19-48-18-8-13-40(58)51-34-12-7-11-32-33(34)29-56(45(32)62)37-16-17-41(59)53-44(37)61/h7,11-12,14-15,27-28,31,36-37,48H,4-6,8-10,13,16-26,29H2,1-3H3,(H,49,60)(H,51,58)(H,50,52,54)(H,53,59,61)/t36-,37?/m1/s1. The van der Waals surface area contributed by atoms with Crippen molar-refractivity contribution in [1.29, 1.82) is 0 Å². The van der Waals surface area contributed by atoms with Crippen molar-refractivity contribution in [2.24, 2.45) is 0 Å². The normalized spacial score (nSPS) is 18.2. The molecule has 3 aliphatic heterocycles. The number of piperidine rings is 1. The summed E-state index contributed by atoms with van der Waals surface area (Å²) in [5, 5.41) is 14.6. The quantitative estimate of drug-likeness (QED) is 0.0641. The number of hydrogen-bond donors (Lipinski definition) is 5. The van der Waals surface area contributed by atoms with Crippen molar-refractivity contribution in [3.05, 3.63) is 59.3 Å². The number of nitrogens with one attached hydrogen (secondary N) is 5. The van der Waals surface area contributed by atoms with Crippen molar-refractivity contribution in [2.45, 2.75) is 89.4 Å². The zero-order chi connectivity index (χ0) is 47.3. The molecule has 4 heterocycles. The molecule has 360 valence electrons. The third kappa shape index (κ3) is 12.0. The van der Waals surface area contributed by atoms with Crippen LogP contribution in [-0.2, 0) is 39.9 Å². The molecule has 5 N–H and O–H groups in total. The maximum atomic E-state index is 13.2. The first-order valence-electron chi connectivity index (χ1n) is 23.2. The lowest BCUT2D eigenvalue weighted by molar-refractivity contribution is -0.137. The monoisotopic (exact) mass is 926 g/mol. The number of anilines is 5. The Labute approximate surface area is 390 Å². The van der Waals surface area contributed by atoms with E-state index in [0.29, 0.717) is 118 Å². The molecule has 1 aromatic heterocycles. The molecule has 3 aromatic rings. The van der Waals surface area contributed by atoms with Crippen LogP contribution in [0.15, 0.2) is 42.6 Å². The molecular formula is C47H62N10O10. The minimum Gasteiger partial charge on any atom is -0.495 e. The molecule has 0 radical (unpaired) electrons. The second-order valence-electron chi connectivity index (χ2n) is 16.8. The summed E-state index contributed by atoms with van der Waals surface area (Å²) in [4.78, 5) is 90.6. The molecule has 0 spiro atoms. The molecule has 7 rings (SSSR count). The summed E-state index contributed by atoms with van der Waals surface area (Å²) >= 11 is 0. The Kier molecular flexibility index (Phi) is 17.1. The third-order valence-electron chi connectivity index (χ3n) is 12.4. The average Bonchev–Trinajstić information content (AvgIpc) is 3.98. The predicted molar refractivity (Wildman–Crippen MR) is 249 cm³/mol. The molecule has 1 aliphatic carbocycles. The molecule has 0 bridgehead atoms. The Morgan fingerprint density at radius 3 is 2.37 bits per heavy atom. The number of carbonyl (C=O) groups excluding carboxylic acids is 6. The Morgan fingerprint density at radius 1 is 0.896 bits per heavy atom. The summed E-state index contributed by atoms with van der Waals surface area (Å²) in [5.41, 5.74) is 3.36. The number of amides is 6. The highest BCUT2D eigenvalue weighted by atomic mass is 16.5. The van der Waals surface area contributed by atoms with Gasteiger partial charge in [-0.05, 0) is 69.0 Å². The number of imide groups is 1. The lowest BCUT2D eigenvalue weighted by atomic mass is 10.0. The highest BCUT2D eigenvalue weighted by Crippen LogP contribution is 2.40. The first-order chi connectivity index (χ1) is 32.6. The van der Waals surface area contributed by atoms with E-state index in [0.717, 1.165) is 31.5 Å². The Balaban J connectivity index is 0.713. The van der Waals surface area contributed by atoms with E-state index in [-0.39, 0.29) is 67.4 Å². The van der Waals surface area contributed by atoms with Gasteiger partial charge in [0.1, 0.15) is 23.5 Å². The maximum Gasteiger partial charge on any atom is 0.255 e. The molecule has 67 heavy (non-hydrogen) atoms. The number of aromatic nitrogens is 2. The fraction of sp³-hybridized carbons (Fsp3) is 0.532. The van der Waals surface area contributed by atoms with Crippen LogP contribution >= 0.6 is 0 Å². The van der Waals surface area contributed by atoms with Gasteiger partial charge in [-0.15, -0.1) is 0 Å². The van der Waals surface area contributed by atoms with E-state index < -0.39 is 11.9 Å². The predicted octanol–water partition coefficient (Wildman–Crippen LogP) is 3.28. The summed E-state index contributed by atoms with van der Waals surface area (Å²) < 4.78 is 22.4. The van der Waals surface area contributed by atoms with E-state index in [9.17, 15) is 28.8 Å². The summed E-state index contributed by atoms with van der Waals surface area (Å²) in [6.45, 7) is 6.11. The molecule has 2 atom stereocenters. The molecule has 20 nitrogen and oxygen atoms in total. The van der Waals surface area contributed by atoms with Gasteiger partial charge in [-0.25, -0.2) is 4.98 Å². The molecule has 1 saturated carbocycles. The maximum absolute atomic E-state index is 13.2. The van der Waals surface area contributed by atoms with Gasteiger partial charge in [0, 0.05) is 67.9 Å². The molecular weight excluding hydrogens is 865 g/mol. The molecule has 2 fully saturated rings. The topological polar surface area (TPSA) is 235 Å². The number of benzene rings is 2. The van der Waals surface area contributed by atoms with Crippen LogP contribution in [0.2, 0.25) is 0 Å². The van der Waals surface area contributed by atoms with Crippen LogP contribution in [-0.4, -0.2) is 142 Å². The van der Waals surface area contributed by atoms with E-state index in [1.807, 2.05) is 6.92 Å². The lowest BCUT2D eigenvalue weighted by Gasteiger charge is -2.43. The lowest BCUT2D eigenvalue weighted by Crippen LogP contribution is -2.55. The smallest absolute Gasteiger partial charge is 0.255 e. The van der Waals surface area contributed by atoms with Crippen LogP contribution in [0.3, 0.4) is 0 Å². The zero-order valence-corrected chi connectivity index (χ0v) is 38.5. The van der Waals surface area contributed by atoms with Crippen molar-refractivity contribution >= 4 is 64.3 Å². The minimum atomic E-state index is -0.719. The number of fused-ring (bicyclic) bond motifs is 2. The van der Waals surface area contributed by atoms with E-state index in [2.05, 4.69) is 36.5 Å². The first-order valence-corrected chi connectivity index (χ1v) is 23.2. The Morgan fingerprint density at radius 2 is 1.64 bits per heavy atom. The van der Waals surface area contributed by atoms with Crippen molar-refractivity contribution in [1.82, 2.24) is 30.8 Å². The van der Waals surface area contributed by atoms with Crippen LogP contribution in [0.4, 0.5) is 28.8 Å². The van der Waals surface area contributed by atoms with Gasteiger partial charge >= 0.3 is 0 Å². The van der Waals surface area contributed by atoms with Crippen molar-refractivity contribution in [3.63, 3.8) is 0 Å². The van der Waals surface area contributed by atoms with Gasteiger partial charge in [-0.1, -0.05) is 25.8 Å². The second kappa shape index (κ2) is 23.5. The van der Waals surface area contributed by atoms with Gasteiger partial charge < -0.3 is 54.9 Å². The van der Waals surface area contributed by atoms with Crippen LogP contribution < -0.4 is 41.1 Å². The van der Waals surface area contributed by atoms with E-state index in [4.69, 9.17) is 23.9 Å². The summed E-state index contributed by atoms with van der Waals surface area (Å²) in [5.74, 6) is 0.0574. The van der Waals surface area contributed by atoms with Crippen LogP contribution in [0, 0.1) is 0 Å². The number of hydrogen-bond acceptors (Lipinski definition) is 15. The number of methoxy groups -OCH3 is 1. The largest absolute Gasteiger partial charge is 0.495 e. The second-order valence-corrected chi connectivity index (χ2v) is 16.8. The molecule has 4 aliphatic rings. The summed E-state index contributed by atoms with van der Waals surface area (Å²) in [6.07, 6.45) is 8.01. The molecule has 2 aromatic carbocycles. The van der Waals surface area contributed by atoms with Crippen molar-refractivity contribution in [3.8, 4) is 5.75 Å². The first kappa shape index (κ1) is 48.7. The number of rotatable bonds is 24. The number of likely N-dealkylation sites (N-methyl/N-ethyl adjacent to an activating group) is 1.